The van der Waals surface area contributed by atoms with Crippen LogP contribution in [0.15, 0.2) is 54.6 Å². The Hall–Kier alpha value is -3.61. The zero-order valence-corrected chi connectivity index (χ0v) is 14.2. The van der Waals surface area contributed by atoms with Crippen molar-refractivity contribution in [3.63, 3.8) is 0 Å². The highest BCUT2D eigenvalue weighted by atomic mass is 16.6. The molecule has 0 heterocycles. The number of amidine groups is 1. The first-order valence-electron chi connectivity index (χ1n) is 7.71. The first-order valence-corrected chi connectivity index (χ1v) is 7.71. The van der Waals surface area contributed by atoms with Crippen molar-refractivity contribution in [1.29, 1.82) is 5.41 Å². The minimum absolute atomic E-state index is 0.00251. The van der Waals surface area contributed by atoms with Crippen molar-refractivity contribution in [3.05, 3.63) is 65.7 Å². The number of nitrogen functional groups attached to an aromatic ring is 1. The quantitative estimate of drug-likeness (QED) is 0.305. The molecule has 2 aromatic carbocycles. The smallest absolute Gasteiger partial charge is 0.343 e. The van der Waals surface area contributed by atoms with Gasteiger partial charge in [-0.15, -0.1) is 0 Å². The lowest BCUT2D eigenvalue weighted by Gasteiger charge is -2.06. The molecule has 7 heteroatoms. The van der Waals surface area contributed by atoms with Crippen LogP contribution in [0.1, 0.15) is 11.1 Å². The fourth-order valence-corrected chi connectivity index (χ4v) is 1.97. The summed E-state index contributed by atoms with van der Waals surface area (Å²) in [6.45, 7) is -0.173. The molecule has 0 fully saturated rings. The van der Waals surface area contributed by atoms with Crippen molar-refractivity contribution in [1.82, 2.24) is 0 Å². The van der Waals surface area contributed by atoms with Gasteiger partial charge in [0.1, 0.15) is 11.6 Å². The summed E-state index contributed by atoms with van der Waals surface area (Å²) >= 11 is 0. The van der Waals surface area contributed by atoms with Crippen molar-refractivity contribution in [2.24, 2.45) is 5.73 Å². The Labute approximate surface area is 150 Å². The number of amides is 1. The van der Waals surface area contributed by atoms with E-state index in [9.17, 15) is 9.59 Å². The van der Waals surface area contributed by atoms with Crippen molar-refractivity contribution in [2.75, 3.05) is 19.0 Å². The number of methoxy groups -OCH3 is 1. The number of esters is 1. The summed E-state index contributed by atoms with van der Waals surface area (Å²) in [4.78, 5) is 23.0. The van der Waals surface area contributed by atoms with E-state index < -0.39 is 5.97 Å². The molecule has 7 nitrogen and oxygen atoms in total. The number of hydrogen-bond donors (Lipinski definition) is 3. The van der Waals surface area contributed by atoms with Gasteiger partial charge < -0.3 is 20.5 Å². The van der Waals surface area contributed by atoms with Crippen LogP contribution in [0.4, 0.5) is 5.69 Å². The number of nitrogens with one attached hydrogen (secondary N) is 2. The standard InChI is InChI=1S/C19H19N3O4/c1-25-18(24)12-26-16-9-7-15(8-10-16)22-17(23)11-4-13-2-5-14(6-3-13)19(20)21/h2-11H,12H2,1H3,(H3,20,21)(H,22,23). The van der Waals surface area contributed by atoms with Crippen LogP contribution in [-0.4, -0.2) is 31.4 Å². The van der Waals surface area contributed by atoms with Gasteiger partial charge in [0.25, 0.3) is 0 Å². The molecule has 0 bridgehead atoms. The van der Waals surface area contributed by atoms with E-state index in [2.05, 4.69) is 10.1 Å². The van der Waals surface area contributed by atoms with E-state index in [0.717, 1.165) is 5.56 Å². The predicted octanol–water partition coefficient (Wildman–Crippen LogP) is 2.17. The van der Waals surface area contributed by atoms with E-state index in [1.165, 1.54) is 13.2 Å². The van der Waals surface area contributed by atoms with Crippen molar-refractivity contribution < 1.29 is 19.1 Å². The summed E-state index contributed by atoms with van der Waals surface area (Å²) in [6, 6.07) is 13.6. The van der Waals surface area contributed by atoms with Gasteiger partial charge in [0.15, 0.2) is 6.61 Å². The molecule has 26 heavy (non-hydrogen) atoms. The monoisotopic (exact) mass is 353 g/mol. The lowest BCUT2D eigenvalue weighted by molar-refractivity contribution is -0.142. The largest absolute Gasteiger partial charge is 0.482 e. The minimum atomic E-state index is -0.469. The maximum absolute atomic E-state index is 12.0. The molecule has 1 amide bonds. The molecule has 0 aliphatic heterocycles. The molecule has 0 aliphatic carbocycles. The molecule has 0 atom stereocenters. The molecule has 0 radical (unpaired) electrons. The number of ether oxygens (including phenoxy) is 2. The number of benzene rings is 2. The molecule has 4 N–H and O–H groups in total. The number of rotatable bonds is 7. The molecule has 0 aliphatic rings. The zero-order chi connectivity index (χ0) is 18.9. The molecule has 2 aromatic rings. The third-order valence-corrected chi connectivity index (χ3v) is 3.36. The second-order valence-electron chi connectivity index (χ2n) is 5.25. The Balaban J connectivity index is 1.88. The molecule has 0 aromatic heterocycles. The summed E-state index contributed by atoms with van der Waals surface area (Å²) < 4.78 is 9.71. The molecule has 0 saturated carbocycles. The third-order valence-electron chi connectivity index (χ3n) is 3.36. The van der Waals surface area contributed by atoms with E-state index in [-0.39, 0.29) is 18.3 Å². The summed E-state index contributed by atoms with van der Waals surface area (Å²) in [5, 5.41) is 10.1. The van der Waals surface area contributed by atoms with Gasteiger partial charge in [-0.3, -0.25) is 10.2 Å². The highest BCUT2D eigenvalue weighted by Crippen LogP contribution is 2.16. The van der Waals surface area contributed by atoms with Crippen molar-refractivity contribution >= 4 is 29.5 Å². The Bertz CT molecular complexity index is 812. The molecule has 134 valence electrons. The van der Waals surface area contributed by atoms with Crippen molar-refractivity contribution in [2.45, 2.75) is 0 Å². The second-order valence-corrected chi connectivity index (χ2v) is 5.25. The van der Waals surface area contributed by atoms with Gasteiger partial charge in [-0.1, -0.05) is 24.3 Å². The second kappa shape index (κ2) is 9.03. The van der Waals surface area contributed by atoms with E-state index in [4.69, 9.17) is 15.9 Å². The molecule has 0 saturated heterocycles. The maximum atomic E-state index is 12.0. The van der Waals surface area contributed by atoms with Crippen LogP contribution in [0.5, 0.6) is 5.75 Å². The Morgan fingerprint density at radius 2 is 1.77 bits per heavy atom. The van der Waals surface area contributed by atoms with Gasteiger partial charge in [-0.25, -0.2) is 4.79 Å². The molecule has 0 unspecified atom stereocenters. The minimum Gasteiger partial charge on any atom is -0.482 e. The SMILES string of the molecule is COC(=O)COc1ccc(NC(=O)C=Cc2ccc(C(=N)N)cc2)cc1. The van der Waals surface area contributed by atoms with Gasteiger partial charge in [0.2, 0.25) is 5.91 Å². The number of nitrogens with two attached hydrogens (primary N) is 1. The lowest BCUT2D eigenvalue weighted by Crippen LogP contribution is -2.12. The van der Waals surface area contributed by atoms with Crippen LogP contribution in [0.2, 0.25) is 0 Å². The summed E-state index contributed by atoms with van der Waals surface area (Å²) in [7, 11) is 1.29. The zero-order valence-electron chi connectivity index (χ0n) is 14.2. The van der Waals surface area contributed by atoms with E-state index in [1.807, 2.05) is 0 Å². The normalized spacial score (nSPS) is 10.3. The topological polar surface area (TPSA) is 114 Å². The van der Waals surface area contributed by atoms with Gasteiger partial charge in [-0.05, 0) is 35.9 Å². The van der Waals surface area contributed by atoms with Crippen LogP contribution in [0, 0.1) is 5.41 Å². The van der Waals surface area contributed by atoms with E-state index >= 15 is 0 Å². The Kier molecular flexibility index (Phi) is 6.50. The number of carbonyl (C=O) groups excluding carboxylic acids is 2. The fourth-order valence-electron chi connectivity index (χ4n) is 1.97. The maximum Gasteiger partial charge on any atom is 0.343 e. The predicted molar refractivity (Wildman–Crippen MR) is 99.1 cm³/mol. The fraction of sp³-hybridized carbons (Fsp3) is 0.105. The third kappa shape index (κ3) is 5.79. The average molecular weight is 353 g/mol. The van der Waals surface area contributed by atoms with Crippen LogP contribution in [0.3, 0.4) is 0 Å². The van der Waals surface area contributed by atoms with Crippen LogP contribution < -0.4 is 15.8 Å². The van der Waals surface area contributed by atoms with Gasteiger partial charge in [-0.2, -0.15) is 0 Å². The van der Waals surface area contributed by atoms with E-state index in [1.54, 1.807) is 54.6 Å². The highest BCUT2D eigenvalue weighted by Gasteiger charge is 2.03. The number of hydrogen-bond acceptors (Lipinski definition) is 5. The average Bonchev–Trinajstić information content (AvgIpc) is 2.65. The lowest BCUT2D eigenvalue weighted by atomic mass is 10.1. The van der Waals surface area contributed by atoms with Crippen LogP contribution >= 0.6 is 0 Å². The molecule has 2 rings (SSSR count). The summed E-state index contributed by atoms with van der Waals surface area (Å²) in [6.07, 6.45) is 3.07. The van der Waals surface area contributed by atoms with Crippen LogP contribution in [-0.2, 0) is 14.3 Å². The van der Waals surface area contributed by atoms with Crippen molar-refractivity contribution in [3.8, 4) is 5.75 Å². The van der Waals surface area contributed by atoms with Gasteiger partial charge >= 0.3 is 5.97 Å². The summed E-state index contributed by atoms with van der Waals surface area (Å²) in [5.41, 5.74) is 7.43. The summed E-state index contributed by atoms with van der Waals surface area (Å²) in [5.74, 6) is -0.264. The molecule has 0 spiro atoms. The first-order chi connectivity index (χ1) is 12.5. The van der Waals surface area contributed by atoms with Crippen LogP contribution in [0.25, 0.3) is 6.08 Å². The molecular weight excluding hydrogens is 334 g/mol. The molecular formula is C19H19N3O4. The Morgan fingerprint density at radius 3 is 2.35 bits per heavy atom. The van der Waals surface area contributed by atoms with Gasteiger partial charge in [0, 0.05) is 17.3 Å². The first kappa shape index (κ1) is 18.7. The number of anilines is 1. The van der Waals surface area contributed by atoms with Gasteiger partial charge in [0.05, 0.1) is 7.11 Å². The number of carbonyl (C=O) groups is 2. The highest BCUT2D eigenvalue weighted by molar-refractivity contribution is 6.02. The Morgan fingerprint density at radius 1 is 1.12 bits per heavy atom. The van der Waals surface area contributed by atoms with E-state index in [0.29, 0.717) is 17.0 Å².